The lowest BCUT2D eigenvalue weighted by atomic mass is 10.0. The molecule has 0 spiro atoms. The Morgan fingerprint density at radius 1 is 1.33 bits per heavy atom. The minimum Gasteiger partial charge on any atom is -0.397 e. The van der Waals surface area contributed by atoms with Crippen LogP contribution in [0.15, 0.2) is 30.4 Å². The van der Waals surface area contributed by atoms with Crippen LogP contribution in [0.2, 0.25) is 0 Å². The second kappa shape index (κ2) is 4.39. The maximum absolute atomic E-state index is 5.93. The minimum absolute atomic E-state index is 0.541. The van der Waals surface area contributed by atoms with Gasteiger partial charge in [0.15, 0.2) is 0 Å². The molecule has 1 aromatic carbocycles. The lowest BCUT2D eigenvalue weighted by molar-refractivity contribution is 0.645. The summed E-state index contributed by atoms with van der Waals surface area (Å²) in [6.45, 7) is 2.09. The van der Waals surface area contributed by atoms with Gasteiger partial charge < -0.3 is 11.1 Å². The highest BCUT2D eigenvalue weighted by Crippen LogP contribution is 2.23. The number of hydrogen-bond donors (Lipinski definition) is 2. The second-order valence-electron chi connectivity index (χ2n) is 4.22. The SMILES string of the molecule is Cc1ccc(N)c(NC2CC=CCC2)c1. The molecule has 0 aromatic heterocycles. The molecular formula is C13H18N2. The smallest absolute Gasteiger partial charge is 0.0578 e. The first-order valence-electron chi connectivity index (χ1n) is 5.53. The third-order valence-electron chi connectivity index (χ3n) is 2.84. The molecule has 1 unspecified atom stereocenters. The fraction of sp³-hybridized carbons (Fsp3) is 0.385. The van der Waals surface area contributed by atoms with Crippen molar-refractivity contribution in [2.24, 2.45) is 0 Å². The largest absolute Gasteiger partial charge is 0.397 e. The van der Waals surface area contributed by atoms with Crippen LogP contribution in [0.4, 0.5) is 11.4 Å². The van der Waals surface area contributed by atoms with Crippen molar-refractivity contribution in [3.05, 3.63) is 35.9 Å². The topological polar surface area (TPSA) is 38.0 Å². The van der Waals surface area contributed by atoms with Crippen molar-refractivity contribution in [1.82, 2.24) is 0 Å². The highest BCUT2D eigenvalue weighted by molar-refractivity contribution is 5.67. The van der Waals surface area contributed by atoms with E-state index in [0.717, 1.165) is 17.8 Å². The van der Waals surface area contributed by atoms with Crippen molar-refractivity contribution in [3.63, 3.8) is 0 Å². The number of allylic oxidation sites excluding steroid dienone is 1. The van der Waals surface area contributed by atoms with E-state index in [-0.39, 0.29) is 0 Å². The first kappa shape index (κ1) is 10.1. The molecule has 0 radical (unpaired) electrons. The fourth-order valence-electron chi connectivity index (χ4n) is 1.94. The molecule has 1 aliphatic carbocycles. The van der Waals surface area contributed by atoms with E-state index in [0.29, 0.717) is 6.04 Å². The molecule has 0 fully saturated rings. The summed E-state index contributed by atoms with van der Waals surface area (Å²) in [6.07, 6.45) is 7.96. The normalized spacial score (nSPS) is 20.2. The van der Waals surface area contributed by atoms with Gasteiger partial charge in [0.25, 0.3) is 0 Å². The van der Waals surface area contributed by atoms with E-state index >= 15 is 0 Å². The van der Waals surface area contributed by atoms with Gasteiger partial charge in [0, 0.05) is 6.04 Å². The van der Waals surface area contributed by atoms with Gasteiger partial charge in [-0.15, -0.1) is 0 Å². The van der Waals surface area contributed by atoms with Crippen molar-refractivity contribution in [2.75, 3.05) is 11.1 Å². The van der Waals surface area contributed by atoms with E-state index in [1.165, 1.54) is 18.4 Å². The van der Waals surface area contributed by atoms with Crippen LogP contribution in [0.1, 0.15) is 24.8 Å². The van der Waals surface area contributed by atoms with E-state index in [2.05, 4.69) is 30.5 Å². The highest BCUT2D eigenvalue weighted by Gasteiger charge is 2.10. The van der Waals surface area contributed by atoms with Crippen LogP contribution in [0.3, 0.4) is 0 Å². The number of nitrogen functional groups attached to an aromatic ring is 1. The van der Waals surface area contributed by atoms with E-state index < -0.39 is 0 Å². The molecule has 0 amide bonds. The summed E-state index contributed by atoms with van der Waals surface area (Å²) in [5, 5.41) is 3.51. The Balaban J connectivity index is 2.09. The predicted molar refractivity (Wildman–Crippen MR) is 66.0 cm³/mol. The fourth-order valence-corrected chi connectivity index (χ4v) is 1.94. The summed E-state index contributed by atoms with van der Waals surface area (Å²) >= 11 is 0. The zero-order valence-corrected chi connectivity index (χ0v) is 9.16. The number of anilines is 2. The van der Waals surface area contributed by atoms with Crippen molar-refractivity contribution in [1.29, 1.82) is 0 Å². The number of aryl methyl sites for hydroxylation is 1. The maximum atomic E-state index is 5.93. The molecule has 0 saturated heterocycles. The Bertz CT molecular complexity index is 369. The van der Waals surface area contributed by atoms with Crippen LogP contribution in [0, 0.1) is 6.92 Å². The van der Waals surface area contributed by atoms with Gasteiger partial charge in [-0.25, -0.2) is 0 Å². The number of nitrogens with two attached hydrogens (primary N) is 1. The first-order chi connectivity index (χ1) is 7.25. The summed E-state index contributed by atoms with van der Waals surface area (Å²) < 4.78 is 0. The third-order valence-corrected chi connectivity index (χ3v) is 2.84. The molecule has 2 nitrogen and oxygen atoms in total. The Hall–Kier alpha value is -1.44. The Labute approximate surface area is 91.2 Å². The van der Waals surface area contributed by atoms with Gasteiger partial charge in [0.1, 0.15) is 0 Å². The summed E-state index contributed by atoms with van der Waals surface area (Å²) in [4.78, 5) is 0. The number of rotatable bonds is 2. The molecule has 2 heteroatoms. The molecule has 0 saturated carbocycles. The molecule has 1 aromatic rings. The Morgan fingerprint density at radius 3 is 2.93 bits per heavy atom. The summed E-state index contributed by atoms with van der Waals surface area (Å²) in [7, 11) is 0. The number of benzene rings is 1. The summed E-state index contributed by atoms with van der Waals surface area (Å²) in [5.41, 5.74) is 9.10. The van der Waals surface area contributed by atoms with Crippen molar-refractivity contribution < 1.29 is 0 Å². The molecule has 3 N–H and O–H groups in total. The van der Waals surface area contributed by atoms with Crippen LogP contribution in [-0.2, 0) is 0 Å². The van der Waals surface area contributed by atoms with E-state index in [1.807, 2.05) is 12.1 Å². The van der Waals surface area contributed by atoms with Crippen molar-refractivity contribution >= 4 is 11.4 Å². The molecule has 0 heterocycles. The van der Waals surface area contributed by atoms with Gasteiger partial charge in [0.05, 0.1) is 11.4 Å². The molecule has 15 heavy (non-hydrogen) atoms. The molecule has 80 valence electrons. The highest BCUT2D eigenvalue weighted by atomic mass is 14.9. The molecular weight excluding hydrogens is 184 g/mol. The Kier molecular flexibility index (Phi) is 2.95. The summed E-state index contributed by atoms with van der Waals surface area (Å²) in [6, 6.07) is 6.67. The predicted octanol–water partition coefficient (Wildman–Crippen LogP) is 3.10. The zero-order valence-electron chi connectivity index (χ0n) is 9.16. The lowest BCUT2D eigenvalue weighted by Crippen LogP contribution is -2.20. The third kappa shape index (κ3) is 2.52. The monoisotopic (exact) mass is 202 g/mol. The number of nitrogens with one attached hydrogen (secondary N) is 1. The molecule has 1 aliphatic rings. The van der Waals surface area contributed by atoms with Gasteiger partial charge >= 0.3 is 0 Å². The van der Waals surface area contributed by atoms with Gasteiger partial charge in [-0.1, -0.05) is 18.2 Å². The van der Waals surface area contributed by atoms with Crippen molar-refractivity contribution in [3.8, 4) is 0 Å². The van der Waals surface area contributed by atoms with Gasteiger partial charge in [-0.3, -0.25) is 0 Å². The standard InChI is InChI=1S/C13H18N2/c1-10-7-8-12(14)13(9-10)15-11-5-3-2-4-6-11/h2-3,7-9,11,15H,4-6,14H2,1H3. The average Bonchev–Trinajstić information content (AvgIpc) is 2.25. The molecule has 0 bridgehead atoms. The Morgan fingerprint density at radius 2 is 2.20 bits per heavy atom. The van der Waals surface area contributed by atoms with Crippen LogP contribution < -0.4 is 11.1 Å². The van der Waals surface area contributed by atoms with Crippen LogP contribution >= 0.6 is 0 Å². The van der Waals surface area contributed by atoms with Crippen molar-refractivity contribution in [2.45, 2.75) is 32.2 Å². The van der Waals surface area contributed by atoms with E-state index in [4.69, 9.17) is 5.73 Å². The van der Waals surface area contributed by atoms with Crippen LogP contribution in [0.25, 0.3) is 0 Å². The van der Waals surface area contributed by atoms with Crippen LogP contribution in [0.5, 0.6) is 0 Å². The van der Waals surface area contributed by atoms with Gasteiger partial charge in [-0.2, -0.15) is 0 Å². The molecule has 1 atom stereocenters. The lowest BCUT2D eigenvalue weighted by Gasteiger charge is -2.21. The zero-order chi connectivity index (χ0) is 10.7. The second-order valence-corrected chi connectivity index (χ2v) is 4.22. The maximum Gasteiger partial charge on any atom is 0.0578 e. The molecule has 0 aliphatic heterocycles. The quantitative estimate of drug-likeness (QED) is 0.571. The van der Waals surface area contributed by atoms with Crippen LogP contribution in [-0.4, -0.2) is 6.04 Å². The first-order valence-corrected chi connectivity index (χ1v) is 5.53. The average molecular weight is 202 g/mol. The minimum atomic E-state index is 0.541. The van der Waals surface area contributed by atoms with Gasteiger partial charge in [-0.05, 0) is 43.9 Å². The number of hydrogen-bond acceptors (Lipinski definition) is 2. The summed E-state index contributed by atoms with van der Waals surface area (Å²) in [5.74, 6) is 0. The van der Waals surface area contributed by atoms with E-state index in [1.54, 1.807) is 0 Å². The van der Waals surface area contributed by atoms with Gasteiger partial charge in [0.2, 0.25) is 0 Å². The molecule has 2 rings (SSSR count). The van der Waals surface area contributed by atoms with E-state index in [9.17, 15) is 0 Å².